The predicted octanol–water partition coefficient (Wildman–Crippen LogP) is 3.13. The summed E-state index contributed by atoms with van der Waals surface area (Å²) in [6.45, 7) is 5.20. The van der Waals surface area contributed by atoms with Crippen molar-refractivity contribution in [2.75, 3.05) is 47.4 Å². The average molecular weight is 514 g/mol. The molecule has 2 fully saturated rings. The largest absolute Gasteiger partial charge is 0.493 e. The van der Waals surface area contributed by atoms with Gasteiger partial charge in [-0.2, -0.15) is 0 Å². The van der Waals surface area contributed by atoms with Gasteiger partial charge in [-0.25, -0.2) is 0 Å². The molecule has 0 radical (unpaired) electrons. The first kappa shape index (κ1) is 22.5. The molecule has 2 aliphatic carbocycles. The van der Waals surface area contributed by atoms with Crippen LogP contribution in [0.5, 0.6) is 11.5 Å². The molecule has 0 unspecified atom stereocenters. The van der Waals surface area contributed by atoms with Gasteiger partial charge in [0, 0.05) is 45.8 Å². The lowest BCUT2D eigenvalue weighted by atomic mass is 9.99. The fourth-order valence-corrected chi connectivity index (χ4v) is 4.20. The van der Waals surface area contributed by atoms with Gasteiger partial charge in [-0.3, -0.25) is 9.89 Å². The van der Waals surface area contributed by atoms with Crippen molar-refractivity contribution in [1.29, 1.82) is 0 Å². The lowest BCUT2D eigenvalue weighted by Gasteiger charge is -2.32. The molecule has 3 aliphatic rings. The van der Waals surface area contributed by atoms with Gasteiger partial charge in [0.15, 0.2) is 17.5 Å². The molecule has 29 heavy (non-hydrogen) atoms. The Labute approximate surface area is 192 Å². The first-order valence-corrected chi connectivity index (χ1v) is 10.6. The predicted molar refractivity (Wildman–Crippen MR) is 128 cm³/mol. The molecular formula is C22H35IN4O2. The Morgan fingerprint density at radius 1 is 1.14 bits per heavy atom. The minimum atomic E-state index is 0. The number of benzene rings is 1. The number of aliphatic imine (C=N–C) groups is 1. The highest BCUT2D eigenvalue weighted by molar-refractivity contribution is 14.0. The van der Waals surface area contributed by atoms with Gasteiger partial charge in [-0.1, -0.05) is 0 Å². The van der Waals surface area contributed by atoms with Crippen molar-refractivity contribution in [1.82, 2.24) is 15.1 Å². The maximum Gasteiger partial charge on any atom is 0.194 e. The van der Waals surface area contributed by atoms with Crippen molar-refractivity contribution in [3.63, 3.8) is 0 Å². The van der Waals surface area contributed by atoms with Crippen molar-refractivity contribution >= 4 is 29.9 Å². The van der Waals surface area contributed by atoms with Crippen LogP contribution in [0, 0.1) is 5.92 Å². The molecule has 0 bridgehead atoms. The summed E-state index contributed by atoms with van der Waals surface area (Å²) in [5.74, 6) is 3.58. The van der Waals surface area contributed by atoms with Gasteiger partial charge in [0.05, 0.1) is 14.2 Å². The zero-order valence-electron chi connectivity index (χ0n) is 17.9. The molecule has 1 N–H and O–H groups in total. The first-order chi connectivity index (χ1) is 13.7. The lowest BCUT2D eigenvalue weighted by molar-refractivity contribution is 0.254. The molecule has 6 nitrogen and oxygen atoms in total. The molecule has 4 rings (SSSR count). The van der Waals surface area contributed by atoms with Crippen LogP contribution >= 0.6 is 24.0 Å². The van der Waals surface area contributed by atoms with Gasteiger partial charge >= 0.3 is 0 Å². The molecule has 7 heteroatoms. The normalized spacial score (nSPS) is 18.9. The standard InChI is InChI=1S/C22H34N4O2.HI/c1-23-22(24-9-11-25(19-6-7-19)14-16-4-5-16)26-10-8-17-12-20(27-2)21(28-3)13-18(17)15-26;/h12-13,16,19H,4-11,14-15H2,1-3H3,(H,23,24);1H. The maximum atomic E-state index is 5.49. The third kappa shape index (κ3) is 5.69. The van der Waals surface area contributed by atoms with E-state index in [0.29, 0.717) is 0 Å². The molecule has 2 saturated carbocycles. The highest BCUT2D eigenvalue weighted by Crippen LogP contribution is 2.35. The quantitative estimate of drug-likeness (QED) is 0.328. The van der Waals surface area contributed by atoms with E-state index in [1.807, 2.05) is 7.05 Å². The lowest BCUT2D eigenvalue weighted by Crippen LogP contribution is -2.46. The summed E-state index contributed by atoms with van der Waals surface area (Å²) in [6, 6.07) is 5.07. The number of guanidine groups is 1. The van der Waals surface area contributed by atoms with Crippen molar-refractivity contribution in [2.45, 2.75) is 44.7 Å². The summed E-state index contributed by atoms with van der Waals surface area (Å²) in [5, 5.41) is 3.61. The summed E-state index contributed by atoms with van der Waals surface area (Å²) in [7, 11) is 5.27. The fraction of sp³-hybridized carbons (Fsp3) is 0.682. The number of rotatable bonds is 8. The maximum absolute atomic E-state index is 5.49. The minimum Gasteiger partial charge on any atom is -0.493 e. The summed E-state index contributed by atoms with van der Waals surface area (Å²) in [6.07, 6.45) is 6.62. The number of ether oxygens (including phenoxy) is 2. The van der Waals surface area contributed by atoms with Crippen LogP contribution in [0.2, 0.25) is 0 Å². The third-order valence-electron chi connectivity index (χ3n) is 6.16. The number of methoxy groups -OCH3 is 2. The second kappa shape index (κ2) is 10.2. The van der Waals surface area contributed by atoms with Crippen molar-refractivity contribution < 1.29 is 9.47 Å². The highest BCUT2D eigenvalue weighted by Gasteiger charge is 2.33. The van der Waals surface area contributed by atoms with Crippen LogP contribution in [0.3, 0.4) is 0 Å². The van der Waals surface area contributed by atoms with Gasteiger partial charge < -0.3 is 19.7 Å². The van der Waals surface area contributed by atoms with E-state index in [4.69, 9.17) is 9.47 Å². The Hall–Kier alpha value is -1.22. The van der Waals surface area contributed by atoms with E-state index in [0.717, 1.165) is 62.0 Å². The molecule has 0 saturated heterocycles. The van der Waals surface area contributed by atoms with E-state index in [2.05, 4.69) is 32.2 Å². The van der Waals surface area contributed by atoms with E-state index in [1.165, 1.54) is 43.4 Å². The Balaban J connectivity index is 0.00000240. The second-order valence-corrected chi connectivity index (χ2v) is 8.29. The monoisotopic (exact) mass is 514 g/mol. The summed E-state index contributed by atoms with van der Waals surface area (Å²) in [4.78, 5) is 9.59. The molecular weight excluding hydrogens is 479 g/mol. The van der Waals surface area contributed by atoms with Gasteiger partial charge in [0.1, 0.15) is 0 Å². The van der Waals surface area contributed by atoms with Gasteiger partial charge in [-0.05, 0) is 61.3 Å². The Morgan fingerprint density at radius 3 is 2.41 bits per heavy atom. The van der Waals surface area contributed by atoms with Crippen molar-refractivity contribution in [3.05, 3.63) is 23.3 Å². The number of fused-ring (bicyclic) bond motifs is 1. The van der Waals surface area contributed by atoms with E-state index in [1.54, 1.807) is 14.2 Å². The van der Waals surface area contributed by atoms with Gasteiger partial charge in [-0.15, -0.1) is 24.0 Å². The number of nitrogens with zero attached hydrogens (tertiary/aromatic N) is 3. The van der Waals surface area contributed by atoms with Crippen LogP contribution in [0.25, 0.3) is 0 Å². The number of nitrogens with one attached hydrogen (secondary N) is 1. The van der Waals surface area contributed by atoms with Crippen LogP contribution in [-0.4, -0.2) is 69.2 Å². The smallest absolute Gasteiger partial charge is 0.194 e. The number of halogens is 1. The van der Waals surface area contributed by atoms with Crippen LogP contribution < -0.4 is 14.8 Å². The molecule has 0 amide bonds. The highest BCUT2D eigenvalue weighted by atomic mass is 127. The molecule has 1 heterocycles. The van der Waals surface area contributed by atoms with E-state index < -0.39 is 0 Å². The second-order valence-electron chi connectivity index (χ2n) is 8.29. The van der Waals surface area contributed by atoms with E-state index in [9.17, 15) is 0 Å². The van der Waals surface area contributed by atoms with Gasteiger partial charge in [0.2, 0.25) is 0 Å². The average Bonchev–Trinajstić information content (AvgIpc) is 3.62. The van der Waals surface area contributed by atoms with E-state index >= 15 is 0 Å². The third-order valence-corrected chi connectivity index (χ3v) is 6.16. The Kier molecular flexibility index (Phi) is 7.90. The SMILES string of the molecule is CN=C(NCCN(CC1CC1)C1CC1)N1CCc2cc(OC)c(OC)cc2C1.I. The van der Waals surface area contributed by atoms with Crippen LogP contribution in [0.15, 0.2) is 17.1 Å². The minimum absolute atomic E-state index is 0. The Bertz CT molecular complexity index is 719. The zero-order chi connectivity index (χ0) is 19.5. The van der Waals surface area contributed by atoms with Crippen LogP contribution in [0.1, 0.15) is 36.8 Å². The molecule has 0 aromatic heterocycles. The number of hydrogen-bond donors (Lipinski definition) is 1. The molecule has 0 spiro atoms. The van der Waals surface area contributed by atoms with E-state index in [-0.39, 0.29) is 24.0 Å². The molecule has 1 aromatic carbocycles. The summed E-state index contributed by atoms with van der Waals surface area (Å²) >= 11 is 0. The van der Waals surface area contributed by atoms with Crippen molar-refractivity contribution in [2.24, 2.45) is 10.9 Å². The topological polar surface area (TPSA) is 49.3 Å². The molecule has 1 aliphatic heterocycles. The number of hydrogen-bond acceptors (Lipinski definition) is 4. The summed E-state index contributed by atoms with van der Waals surface area (Å²) in [5.41, 5.74) is 2.63. The van der Waals surface area contributed by atoms with Crippen molar-refractivity contribution in [3.8, 4) is 11.5 Å². The summed E-state index contributed by atoms with van der Waals surface area (Å²) < 4.78 is 10.9. The van der Waals surface area contributed by atoms with Gasteiger partial charge in [0.25, 0.3) is 0 Å². The molecule has 1 aromatic rings. The zero-order valence-corrected chi connectivity index (χ0v) is 20.3. The molecule has 162 valence electrons. The Morgan fingerprint density at radius 2 is 1.83 bits per heavy atom. The fourth-order valence-electron chi connectivity index (χ4n) is 4.20. The molecule has 0 atom stereocenters. The first-order valence-electron chi connectivity index (χ1n) is 10.6. The van der Waals surface area contributed by atoms with Crippen LogP contribution in [-0.2, 0) is 13.0 Å². The van der Waals surface area contributed by atoms with Crippen LogP contribution in [0.4, 0.5) is 0 Å².